The number of nitrogens with zero attached hydrogens (tertiary/aromatic N) is 1. The number of benzene rings is 1. The fourth-order valence-corrected chi connectivity index (χ4v) is 3.53. The Balaban J connectivity index is 2.34. The van der Waals surface area contributed by atoms with Gasteiger partial charge in [-0.05, 0) is 30.3 Å². The molecule has 26 heavy (non-hydrogen) atoms. The Hall–Kier alpha value is -2.12. The smallest absolute Gasteiger partial charge is 0.377 e. The number of carboxylic acid groups (broad SMARTS) is 1. The second kappa shape index (κ2) is 7.24. The van der Waals surface area contributed by atoms with Crippen LogP contribution in [-0.2, 0) is 15.8 Å². The fourth-order valence-electron chi connectivity index (χ4n) is 2.50. The zero-order valence-corrected chi connectivity index (χ0v) is 17.3. The lowest BCUT2D eigenvalue weighted by Crippen LogP contribution is -2.41. The van der Waals surface area contributed by atoms with Crippen LogP contribution in [0.3, 0.4) is 0 Å². The van der Waals surface area contributed by atoms with Gasteiger partial charge in [-0.2, -0.15) is 0 Å². The number of aromatic nitrogens is 1. The van der Waals surface area contributed by atoms with Gasteiger partial charge in [0.1, 0.15) is 5.75 Å². The molecule has 2 rings (SSSR count). The van der Waals surface area contributed by atoms with Gasteiger partial charge in [0.2, 0.25) is 0 Å². The highest BCUT2D eigenvalue weighted by Crippen LogP contribution is 2.36. The fraction of sp³-hybridized carbons (Fsp3) is 0.474. The zero-order valence-electron chi connectivity index (χ0n) is 16.3. The van der Waals surface area contributed by atoms with E-state index >= 15 is 0 Å². The summed E-state index contributed by atoms with van der Waals surface area (Å²) >= 11 is 0. The number of carbonyl (C=O) groups excluding carboxylic acids is 1. The highest BCUT2D eigenvalue weighted by Gasteiger charge is 2.36. The lowest BCUT2D eigenvalue weighted by Gasteiger charge is -2.36. The molecular formula is C19H27NO5Si. The van der Waals surface area contributed by atoms with Gasteiger partial charge >= 0.3 is 5.97 Å². The highest BCUT2D eigenvalue weighted by molar-refractivity contribution is 6.74. The minimum atomic E-state index is -1.88. The van der Waals surface area contributed by atoms with Crippen LogP contribution >= 0.6 is 0 Å². The second-order valence-electron chi connectivity index (χ2n) is 7.86. The van der Waals surface area contributed by atoms with Crippen molar-refractivity contribution >= 4 is 31.0 Å². The summed E-state index contributed by atoms with van der Waals surface area (Å²) in [6.45, 7) is 11.9. The minimum Gasteiger partial charge on any atom is -0.497 e. The van der Waals surface area contributed by atoms with E-state index in [0.29, 0.717) is 24.3 Å². The lowest BCUT2D eigenvalue weighted by atomic mass is 10.1. The van der Waals surface area contributed by atoms with Crippen molar-refractivity contribution in [3.8, 4) is 5.75 Å². The Morgan fingerprint density at radius 3 is 2.42 bits per heavy atom. The molecule has 0 aliphatic rings. The number of carbonyl (C=O) groups is 2. The van der Waals surface area contributed by atoms with Gasteiger partial charge < -0.3 is 18.8 Å². The number of fused-ring (bicyclic) bond motifs is 1. The molecule has 0 fully saturated rings. The molecule has 1 N–H and O–H groups in total. The van der Waals surface area contributed by atoms with Gasteiger partial charge in [-0.15, -0.1) is 0 Å². The van der Waals surface area contributed by atoms with Gasteiger partial charge in [0, 0.05) is 24.2 Å². The van der Waals surface area contributed by atoms with E-state index in [2.05, 4.69) is 33.9 Å². The Kier molecular flexibility index (Phi) is 5.63. The number of aliphatic carboxylic acids is 1. The van der Waals surface area contributed by atoms with E-state index < -0.39 is 20.1 Å². The van der Waals surface area contributed by atoms with Crippen molar-refractivity contribution in [2.45, 2.75) is 45.4 Å². The molecule has 7 heteroatoms. The number of hydrogen-bond donors (Lipinski definition) is 1. The molecule has 1 aromatic carbocycles. The maximum absolute atomic E-state index is 12.0. The molecule has 1 aromatic heterocycles. The molecule has 142 valence electrons. The van der Waals surface area contributed by atoms with Crippen molar-refractivity contribution < 1.29 is 23.9 Å². The van der Waals surface area contributed by atoms with Crippen molar-refractivity contribution in [2.75, 3.05) is 13.7 Å². The molecule has 0 spiro atoms. The highest BCUT2D eigenvalue weighted by atomic mass is 28.4. The molecule has 6 nitrogen and oxygen atoms in total. The largest absolute Gasteiger partial charge is 0.497 e. The van der Waals surface area contributed by atoms with Gasteiger partial charge in [0.05, 0.1) is 24.8 Å². The molecule has 0 radical (unpaired) electrons. The van der Waals surface area contributed by atoms with E-state index in [1.54, 1.807) is 31.5 Å². The van der Waals surface area contributed by atoms with Crippen molar-refractivity contribution in [1.29, 1.82) is 0 Å². The van der Waals surface area contributed by atoms with Crippen LogP contribution in [0.2, 0.25) is 18.1 Å². The summed E-state index contributed by atoms with van der Waals surface area (Å²) in [5.41, 5.74) is 0.940. The summed E-state index contributed by atoms with van der Waals surface area (Å²) in [7, 11) is -0.308. The number of ketones is 1. The van der Waals surface area contributed by atoms with Crippen molar-refractivity contribution in [3.63, 3.8) is 0 Å². The maximum atomic E-state index is 12.0. The van der Waals surface area contributed by atoms with E-state index in [0.717, 1.165) is 5.52 Å². The third kappa shape index (κ3) is 3.99. The Morgan fingerprint density at radius 2 is 1.88 bits per heavy atom. The molecule has 0 unspecified atom stereocenters. The van der Waals surface area contributed by atoms with Crippen LogP contribution in [0.1, 0.15) is 31.1 Å². The van der Waals surface area contributed by atoms with Gasteiger partial charge in [-0.25, -0.2) is 4.79 Å². The first-order chi connectivity index (χ1) is 12.0. The molecule has 0 bridgehead atoms. The van der Waals surface area contributed by atoms with Crippen LogP contribution in [-0.4, -0.2) is 43.5 Å². The van der Waals surface area contributed by atoms with Gasteiger partial charge in [-0.1, -0.05) is 20.8 Å². The third-order valence-corrected chi connectivity index (χ3v) is 9.67. The molecule has 0 amide bonds. The molecule has 0 atom stereocenters. The van der Waals surface area contributed by atoms with Crippen LogP contribution < -0.4 is 4.74 Å². The molecule has 0 saturated heterocycles. The Labute approximate surface area is 154 Å². The van der Waals surface area contributed by atoms with Crippen LogP contribution in [0.15, 0.2) is 24.4 Å². The summed E-state index contributed by atoms with van der Waals surface area (Å²) in [6.07, 6.45) is 1.59. The molecular weight excluding hydrogens is 350 g/mol. The molecule has 0 saturated carbocycles. The molecule has 1 heterocycles. The monoisotopic (exact) mass is 377 g/mol. The summed E-state index contributed by atoms with van der Waals surface area (Å²) in [5.74, 6) is -1.72. The van der Waals surface area contributed by atoms with Crippen molar-refractivity contribution in [1.82, 2.24) is 4.57 Å². The van der Waals surface area contributed by atoms with E-state index in [1.165, 1.54) is 0 Å². The topological polar surface area (TPSA) is 77.8 Å². The predicted molar refractivity (Wildman–Crippen MR) is 104 cm³/mol. The summed E-state index contributed by atoms with van der Waals surface area (Å²) in [5, 5.41) is 9.79. The minimum absolute atomic E-state index is 0.111. The standard InChI is InChI=1S/C19H27NO5Si/c1-19(2,3)26(5,6)25-10-9-20-12-15(17(21)18(22)23)14-8-7-13(24-4)11-16(14)20/h7-8,11-12H,9-10H2,1-6H3,(H,22,23). The van der Waals surface area contributed by atoms with Crippen LogP contribution in [0.5, 0.6) is 5.75 Å². The summed E-state index contributed by atoms with van der Waals surface area (Å²) in [4.78, 5) is 23.2. The number of rotatable bonds is 7. The van der Waals surface area contributed by atoms with Gasteiger partial charge in [0.25, 0.3) is 5.78 Å². The molecule has 2 aromatic rings. The quantitative estimate of drug-likeness (QED) is 0.449. The first-order valence-electron chi connectivity index (χ1n) is 8.56. The summed E-state index contributed by atoms with van der Waals surface area (Å²) in [6, 6.07) is 5.24. The van der Waals surface area contributed by atoms with Gasteiger partial charge in [0.15, 0.2) is 8.32 Å². The third-order valence-electron chi connectivity index (χ3n) is 5.13. The average Bonchev–Trinajstić information content (AvgIpc) is 2.90. The average molecular weight is 378 g/mol. The molecule has 0 aliphatic heterocycles. The number of hydrogen-bond acceptors (Lipinski definition) is 4. The number of methoxy groups -OCH3 is 1. The summed E-state index contributed by atoms with van der Waals surface area (Å²) < 4.78 is 13.3. The first kappa shape index (κ1) is 20.2. The maximum Gasteiger partial charge on any atom is 0.377 e. The van der Waals surface area contributed by atoms with Crippen molar-refractivity contribution in [2.24, 2.45) is 0 Å². The van der Waals surface area contributed by atoms with Crippen molar-refractivity contribution in [3.05, 3.63) is 30.0 Å². The Morgan fingerprint density at radius 1 is 1.23 bits per heavy atom. The van der Waals surface area contributed by atoms with E-state index in [1.807, 2.05) is 4.57 Å². The zero-order chi connectivity index (χ0) is 19.7. The number of Topliss-reactive ketones (excluding diaryl/α,β-unsaturated/α-hetero) is 1. The van der Waals surface area contributed by atoms with E-state index in [4.69, 9.17) is 14.3 Å². The van der Waals surface area contributed by atoms with E-state index in [-0.39, 0.29) is 10.6 Å². The number of carboxylic acids is 1. The van der Waals surface area contributed by atoms with Crippen LogP contribution in [0, 0.1) is 0 Å². The lowest BCUT2D eigenvalue weighted by molar-refractivity contribution is -0.131. The van der Waals surface area contributed by atoms with Gasteiger partial charge in [-0.3, -0.25) is 4.79 Å². The normalized spacial score (nSPS) is 12.4. The Bertz CT molecular complexity index is 832. The van der Waals surface area contributed by atoms with Crippen LogP contribution in [0.4, 0.5) is 0 Å². The second-order valence-corrected chi connectivity index (χ2v) is 12.7. The number of ether oxygens (including phenoxy) is 1. The van der Waals surface area contributed by atoms with Crippen LogP contribution in [0.25, 0.3) is 10.9 Å². The predicted octanol–water partition coefficient (Wildman–Crippen LogP) is 3.94. The van der Waals surface area contributed by atoms with E-state index in [9.17, 15) is 9.59 Å². The first-order valence-corrected chi connectivity index (χ1v) is 11.5. The molecule has 0 aliphatic carbocycles. The SMILES string of the molecule is COc1ccc2c(C(=O)C(=O)O)cn(CCO[Si](C)(C)C(C)(C)C)c2c1.